The first kappa shape index (κ1) is 14.4. The molecule has 0 aliphatic rings. The minimum atomic E-state index is -0.879. The van der Waals surface area contributed by atoms with E-state index in [1.165, 1.54) is 12.8 Å². The highest BCUT2D eigenvalue weighted by molar-refractivity contribution is 5.95. The molecule has 108 valence electrons. The van der Waals surface area contributed by atoms with E-state index >= 15 is 0 Å². The first-order valence-electron chi connectivity index (χ1n) is 7.08. The van der Waals surface area contributed by atoms with E-state index in [2.05, 4.69) is 6.92 Å². The molecule has 4 heteroatoms. The number of carbonyl (C=O) groups is 1. The van der Waals surface area contributed by atoms with Gasteiger partial charge in [-0.3, -0.25) is 0 Å². The summed E-state index contributed by atoms with van der Waals surface area (Å²) in [4.78, 5) is 11.4. The SMILES string of the molecule is CCCCCCn1c(C(=O)O)cc2cc(OC)ccc21. The first-order chi connectivity index (χ1) is 9.67. The van der Waals surface area contributed by atoms with Crippen LogP contribution in [-0.2, 0) is 6.54 Å². The third-order valence-electron chi connectivity index (χ3n) is 3.56. The van der Waals surface area contributed by atoms with Crippen LogP contribution in [0.4, 0.5) is 0 Å². The summed E-state index contributed by atoms with van der Waals surface area (Å²) in [5, 5.41) is 10.3. The number of methoxy groups -OCH3 is 1. The number of rotatable bonds is 7. The van der Waals surface area contributed by atoms with Crippen molar-refractivity contribution in [1.29, 1.82) is 0 Å². The average Bonchev–Trinajstić information content (AvgIpc) is 2.81. The number of aromatic carboxylic acids is 1. The summed E-state index contributed by atoms with van der Waals surface area (Å²) in [5.74, 6) is -0.131. The van der Waals surface area contributed by atoms with Crippen LogP contribution >= 0.6 is 0 Å². The highest BCUT2D eigenvalue weighted by Crippen LogP contribution is 2.25. The van der Waals surface area contributed by atoms with Gasteiger partial charge in [0.2, 0.25) is 0 Å². The minimum Gasteiger partial charge on any atom is -0.497 e. The van der Waals surface area contributed by atoms with E-state index in [-0.39, 0.29) is 0 Å². The molecule has 1 aromatic heterocycles. The zero-order valence-corrected chi connectivity index (χ0v) is 12.1. The predicted octanol–water partition coefficient (Wildman–Crippen LogP) is 3.93. The highest BCUT2D eigenvalue weighted by atomic mass is 16.5. The molecule has 0 amide bonds. The van der Waals surface area contributed by atoms with Crippen LogP contribution in [0.2, 0.25) is 0 Å². The summed E-state index contributed by atoms with van der Waals surface area (Å²) in [6.45, 7) is 2.91. The molecule has 1 N–H and O–H groups in total. The molecule has 0 saturated carbocycles. The van der Waals surface area contributed by atoms with E-state index in [0.717, 1.165) is 36.0 Å². The topological polar surface area (TPSA) is 51.5 Å². The zero-order chi connectivity index (χ0) is 14.5. The van der Waals surface area contributed by atoms with Gasteiger partial charge in [-0.2, -0.15) is 0 Å². The van der Waals surface area contributed by atoms with Gasteiger partial charge in [0, 0.05) is 17.4 Å². The lowest BCUT2D eigenvalue weighted by Crippen LogP contribution is -2.08. The van der Waals surface area contributed by atoms with Crippen molar-refractivity contribution in [3.63, 3.8) is 0 Å². The fraction of sp³-hybridized carbons (Fsp3) is 0.438. The van der Waals surface area contributed by atoms with Crippen LogP contribution in [-0.4, -0.2) is 22.8 Å². The lowest BCUT2D eigenvalue weighted by molar-refractivity contribution is 0.0685. The Hall–Kier alpha value is -1.97. The predicted molar refractivity (Wildman–Crippen MR) is 79.6 cm³/mol. The van der Waals surface area contributed by atoms with E-state index < -0.39 is 5.97 Å². The zero-order valence-electron chi connectivity index (χ0n) is 12.1. The van der Waals surface area contributed by atoms with Gasteiger partial charge in [0.05, 0.1) is 7.11 Å². The maximum absolute atomic E-state index is 11.4. The Labute approximate surface area is 119 Å². The Morgan fingerprint density at radius 1 is 1.25 bits per heavy atom. The minimum absolute atomic E-state index is 0.352. The molecule has 0 aliphatic carbocycles. The van der Waals surface area contributed by atoms with Crippen LogP contribution < -0.4 is 4.74 Å². The number of ether oxygens (including phenoxy) is 1. The second-order valence-electron chi connectivity index (χ2n) is 4.97. The molecule has 2 rings (SSSR count). The van der Waals surface area contributed by atoms with Crippen molar-refractivity contribution < 1.29 is 14.6 Å². The van der Waals surface area contributed by atoms with Crippen LogP contribution in [0.1, 0.15) is 43.1 Å². The number of unbranched alkanes of at least 4 members (excludes halogenated alkanes) is 3. The number of hydrogen-bond acceptors (Lipinski definition) is 2. The number of carboxylic acids is 1. The maximum atomic E-state index is 11.4. The number of benzene rings is 1. The summed E-state index contributed by atoms with van der Waals surface area (Å²) in [6.07, 6.45) is 4.50. The third kappa shape index (κ3) is 2.95. The summed E-state index contributed by atoms with van der Waals surface area (Å²) >= 11 is 0. The molecule has 0 saturated heterocycles. The fourth-order valence-electron chi connectivity index (χ4n) is 2.49. The van der Waals surface area contributed by atoms with Crippen LogP contribution in [0.15, 0.2) is 24.3 Å². The van der Waals surface area contributed by atoms with Crippen molar-refractivity contribution in [2.75, 3.05) is 7.11 Å². The number of nitrogens with zero attached hydrogens (tertiary/aromatic N) is 1. The monoisotopic (exact) mass is 275 g/mol. The molecule has 1 aromatic carbocycles. The molecule has 0 unspecified atom stereocenters. The molecule has 4 nitrogen and oxygen atoms in total. The molecule has 0 aliphatic heterocycles. The van der Waals surface area contributed by atoms with E-state index in [9.17, 15) is 9.90 Å². The number of aryl methyl sites for hydroxylation is 1. The van der Waals surface area contributed by atoms with E-state index in [0.29, 0.717) is 5.69 Å². The molecule has 2 aromatic rings. The number of carboxylic acid groups (broad SMARTS) is 1. The standard InChI is InChI=1S/C16H21NO3/c1-3-4-5-6-9-17-14-8-7-13(20-2)10-12(14)11-15(17)16(18)19/h7-8,10-11H,3-6,9H2,1-2H3,(H,18,19). The molecule has 0 fully saturated rings. The van der Waals surface area contributed by atoms with Crippen LogP contribution in [0, 0.1) is 0 Å². The third-order valence-corrected chi connectivity index (χ3v) is 3.56. The van der Waals surface area contributed by atoms with Crippen molar-refractivity contribution in [3.05, 3.63) is 30.0 Å². The summed E-state index contributed by atoms with van der Waals surface area (Å²) in [6, 6.07) is 7.40. The number of fused-ring (bicyclic) bond motifs is 1. The van der Waals surface area contributed by atoms with Gasteiger partial charge in [-0.15, -0.1) is 0 Å². The second kappa shape index (κ2) is 6.46. The van der Waals surface area contributed by atoms with Crippen molar-refractivity contribution in [2.45, 2.75) is 39.2 Å². The van der Waals surface area contributed by atoms with Crippen LogP contribution in [0.3, 0.4) is 0 Å². The summed E-state index contributed by atoms with van der Waals surface area (Å²) < 4.78 is 7.08. The maximum Gasteiger partial charge on any atom is 0.352 e. The van der Waals surface area contributed by atoms with Gasteiger partial charge in [0.1, 0.15) is 11.4 Å². The molecular weight excluding hydrogens is 254 g/mol. The van der Waals surface area contributed by atoms with Gasteiger partial charge in [-0.1, -0.05) is 26.2 Å². The quantitative estimate of drug-likeness (QED) is 0.779. The van der Waals surface area contributed by atoms with Crippen molar-refractivity contribution >= 4 is 16.9 Å². The second-order valence-corrected chi connectivity index (χ2v) is 4.97. The number of hydrogen-bond donors (Lipinski definition) is 1. The average molecular weight is 275 g/mol. The lowest BCUT2D eigenvalue weighted by atomic mass is 10.2. The Balaban J connectivity index is 2.33. The van der Waals surface area contributed by atoms with Crippen LogP contribution in [0.25, 0.3) is 10.9 Å². The van der Waals surface area contributed by atoms with E-state index in [4.69, 9.17) is 4.74 Å². The molecule has 1 heterocycles. The lowest BCUT2D eigenvalue weighted by Gasteiger charge is -2.08. The van der Waals surface area contributed by atoms with Gasteiger partial charge in [-0.25, -0.2) is 4.79 Å². The Kier molecular flexibility index (Phi) is 4.66. The molecule has 0 bridgehead atoms. The van der Waals surface area contributed by atoms with Gasteiger partial charge < -0.3 is 14.4 Å². The Bertz CT molecular complexity index is 601. The molecule has 0 radical (unpaired) electrons. The largest absolute Gasteiger partial charge is 0.497 e. The molecule has 0 spiro atoms. The van der Waals surface area contributed by atoms with Crippen molar-refractivity contribution in [1.82, 2.24) is 4.57 Å². The van der Waals surface area contributed by atoms with Crippen molar-refractivity contribution in [2.24, 2.45) is 0 Å². The van der Waals surface area contributed by atoms with Crippen LogP contribution in [0.5, 0.6) is 5.75 Å². The van der Waals surface area contributed by atoms with Gasteiger partial charge in [0.15, 0.2) is 0 Å². The molecule has 20 heavy (non-hydrogen) atoms. The van der Waals surface area contributed by atoms with E-state index in [1.54, 1.807) is 13.2 Å². The summed E-state index contributed by atoms with van der Waals surface area (Å²) in [7, 11) is 1.61. The summed E-state index contributed by atoms with van der Waals surface area (Å²) in [5.41, 5.74) is 1.31. The van der Waals surface area contributed by atoms with E-state index in [1.807, 2.05) is 22.8 Å². The molecular formula is C16H21NO3. The first-order valence-corrected chi connectivity index (χ1v) is 7.08. The Morgan fingerprint density at radius 3 is 2.70 bits per heavy atom. The Morgan fingerprint density at radius 2 is 2.05 bits per heavy atom. The van der Waals surface area contributed by atoms with Gasteiger partial charge in [0.25, 0.3) is 0 Å². The fourth-order valence-corrected chi connectivity index (χ4v) is 2.49. The smallest absolute Gasteiger partial charge is 0.352 e. The number of aromatic nitrogens is 1. The van der Waals surface area contributed by atoms with Gasteiger partial charge in [-0.05, 0) is 30.7 Å². The van der Waals surface area contributed by atoms with Gasteiger partial charge >= 0.3 is 5.97 Å². The highest BCUT2D eigenvalue weighted by Gasteiger charge is 2.14. The van der Waals surface area contributed by atoms with Crippen molar-refractivity contribution in [3.8, 4) is 5.75 Å². The normalized spacial score (nSPS) is 10.9. The molecule has 0 atom stereocenters.